The van der Waals surface area contributed by atoms with Crippen LogP contribution in [0.4, 0.5) is 0 Å². The molecular formula is C3H3N2O4P. The number of hydrogen-bond donors (Lipinski definition) is 1. The first-order valence-corrected chi connectivity index (χ1v) is 2.92. The van der Waals surface area contributed by atoms with Crippen LogP contribution in [-0.4, -0.2) is 22.6 Å². The molecule has 0 fully saturated rings. The standard InChI is InChI=1S/C3H3N2O4P/c6-3(7)1-5(4-8)2-10-9/h1H2,(H,6,7). The second kappa shape index (κ2) is 4.73. The Morgan fingerprint density at radius 3 is 2.70 bits per heavy atom. The van der Waals surface area contributed by atoms with Crippen LogP contribution in [0, 0.1) is 10.7 Å². The van der Waals surface area contributed by atoms with Crippen molar-refractivity contribution >= 4 is 13.9 Å². The first kappa shape index (κ1) is 8.88. The topological polar surface area (TPSA) is 87.0 Å². The van der Waals surface area contributed by atoms with Crippen LogP contribution < -0.4 is 0 Å². The molecule has 0 aromatic heterocycles. The number of carboxylic acid groups (broad SMARTS) is 1. The van der Waals surface area contributed by atoms with Gasteiger partial charge in [0.15, 0.2) is 0 Å². The monoisotopic (exact) mass is 162 g/mol. The summed E-state index contributed by atoms with van der Waals surface area (Å²) >= 11 is 0. The van der Waals surface area contributed by atoms with E-state index in [2.05, 4.69) is 5.29 Å². The molecule has 0 rings (SSSR count). The van der Waals surface area contributed by atoms with Crippen LogP contribution in [0.25, 0.3) is 0 Å². The van der Waals surface area contributed by atoms with Gasteiger partial charge in [-0.25, -0.2) is 0 Å². The molecule has 0 spiro atoms. The van der Waals surface area contributed by atoms with Gasteiger partial charge in [-0.15, -0.1) is 0 Å². The van der Waals surface area contributed by atoms with Crippen molar-refractivity contribution in [2.75, 3.05) is 6.54 Å². The third-order valence-corrected chi connectivity index (χ3v) is 0.852. The van der Waals surface area contributed by atoms with Crippen LogP contribution in [0.3, 0.4) is 0 Å². The maximum absolute atomic E-state index is 9.86. The van der Waals surface area contributed by atoms with E-state index in [9.17, 15) is 14.3 Å². The molecule has 6 nitrogen and oxygen atoms in total. The van der Waals surface area contributed by atoms with Crippen molar-refractivity contribution in [2.24, 2.45) is 5.29 Å². The van der Waals surface area contributed by atoms with Crippen LogP contribution in [0.5, 0.6) is 0 Å². The number of aliphatic carboxylic acids is 1. The molecule has 0 saturated carbocycles. The van der Waals surface area contributed by atoms with Gasteiger partial charge >= 0.3 is 55.8 Å². The molecule has 1 N–H and O–H groups in total. The van der Waals surface area contributed by atoms with E-state index in [4.69, 9.17) is 5.11 Å². The average Bonchev–Trinajstić information content (AvgIpc) is 1.86. The summed E-state index contributed by atoms with van der Waals surface area (Å²) in [6, 6.07) is 0. The van der Waals surface area contributed by atoms with Crippen molar-refractivity contribution in [3.05, 3.63) is 4.91 Å². The van der Waals surface area contributed by atoms with Crippen molar-refractivity contribution in [1.82, 2.24) is 5.01 Å². The van der Waals surface area contributed by atoms with Gasteiger partial charge in [0.05, 0.1) is 0 Å². The number of nitrogens with zero attached hydrogens (tertiary/aromatic N) is 2. The molecule has 10 heavy (non-hydrogen) atoms. The van der Waals surface area contributed by atoms with Gasteiger partial charge in [0.1, 0.15) is 0 Å². The van der Waals surface area contributed by atoms with Gasteiger partial charge in [-0.1, -0.05) is 0 Å². The molecule has 0 heterocycles. The van der Waals surface area contributed by atoms with Gasteiger partial charge in [-0.3, -0.25) is 0 Å². The molecule has 0 aromatic rings. The molecule has 0 bridgehead atoms. The molecule has 0 aliphatic heterocycles. The van der Waals surface area contributed by atoms with E-state index < -0.39 is 20.4 Å². The van der Waals surface area contributed by atoms with Crippen LogP contribution >= 0.6 is 7.92 Å². The number of hydrogen-bond acceptors (Lipinski definition) is 4. The van der Waals surface area contributed by atoms with Crippen molar-refractivity contribution in [2.45, 2.75) is 0 Å². The van der Waals surface area contributed by atoms with Crippen molar-refractivity contribution in [1.29, 1.82) is 0 Å². The van der Waals surface area contributed by atoms with Gasteiger partial charge in [0.2, 0.25) is 0 Å². The quantitative estimate of drug-likeness (QED) is 0.278. The first-order valence-electron chi connectivity index (χ1n) is 2.11. The van der Waals surface area contributed by atoms with E-state index in [0.29, 0.717) is 5.01 Å². The third kappa shape index (κ3) is 3.83. The zero-order chi connectivity index (χ0) is 7.98. The summed E-state index contributed by atoms with van der Waals surface area (Å²) in [5.74, 6) is 0.614. The molecule has 0 saturated heterocycles. The summed E-state index contributed by atoms with van der Waals surface area (Å²) in [6.07, 6.45) is 0. The molecule has 0 atom stereocenters. The Labute approximate surface area is 56.9 Å². The van der Waals surface area contributed by atoms with E-state index >= 15 is 0 Å². The van der Waals surface area contributed by atoms with E-state index in [1.165, 1.54) is 0 Å². The zero-order valence-electron chi connectivity index (χ0n) is 4.72. The fourth-order valence-electron chi connectivity index (χ4n) is 0.258. The molecule has 0 amide bonds. The predicted molar refractivity (Wildman–Crippen MR) is 31.6 cm³/mol. The molecule has 7 heteroatoms. The first-order chi connectivity index (χ1) is 4.70. The summed E-state index contributed by atoms with van der Waals surface area (Å²) in [5, 5.41) is 10.7. The second-order valence-electron chi connectivity index (χ2n) is 1.22. The van der Waals surface area contributed by atoms with Crippen molar-refractivity contribution in [3.63, 3.8) is 0 Å². The van der Waals surface area contributed by atoms with Gasteiger partial charge in [-0.05, 0) is 0 Å². The molecule has 54 valence electrons. The van der Waals surface area contributed by atoms with Gasteiger partial charge < -0.3 is 0 Å². The molecule has 0 aliphatic rings. The number of rotatable bonds is 3. The summed E-state index contributed by atoms with van der Waals surface area (Å²) in [4.78, 5) is 19.5. The predicted octanol–water partition coefficient (Wildman–Crippen LogP) is 0.263. The molecule has 0 radical (unpaired) electrons. The number of nitroso groups, excluding NO2 is 1. The Bertz CT molecular complexity index is 232. The average molecular weight is 162 g/mol. The van der Waals surface area contributed by atoms with E-state index in [1.54, 1.807) is 0 Å². The number of carboxylic acids is 1. The second-order valence-corrected chi connectivity index (χ2v) is 1.61. The Kier molecular flexibility index (Phi) is 4.20. The summed E-state index contributed by atoms with van der Waals surface area (Å²) in [6.45, 7) is -0.626. The van der Waals surface area contributed by atoms with Crippen LogP contribution in [-0.2, 0) is 9.36 Å². The van der Waals surface area contributed by atoms with E-state index in [0.717, 1.165) is 0 Å². The SMILES string of the molecule is O=NN(C#P=O)CC(=O)O. The van der Waals surface area contributed by atoms with Crippen molar-refractivity contribution in [3.8, 4) is 5.75 Å². The van der Waals surface area contributed by atoms with Crippen LogP contribution in [0.2, 0.25) is 0 Å². The Hall–Kier alpha value is -1.12. The van der Waals surface area contributed by atoms with E-state index in [-0.39, 0.29) is 0 Å². The Morgan fingerprint density at radius 2 is 2.40 bits per heavy atom. The van der Waals surface area contributed by atoms with E-state index in [1.807, 2.05) is 5.75 Å². The number of carbonyl (C=O) groups is 1. The maximum atomic E-state index is 9.86. The molecule has 0 unspecified atom stereocenters. The van der Waals surface area contributed by atoms with Gasteiger partial charge in [0, 0.05) is 0 Å². The fourth-order valence-corrected chi connectivity index (χ4v) is 0.459. The third-order valence-electron chi connectivity index (χ3n) is 0.540. The molecule has 0 aromatic carbocycles. The minimum atomic E-state index is -1.24. The van der Waals surface area contributed by atoms with Crippen LogP contribution in [0.15, 0.2) is 5.29 Å². The summed E-state index contributed by atoms with van der Waals surface area (Å²) < 4.78 is 9.71. The van der Waals surface area contributed by atoms with Crippen molar-refractivity contribution < 1.29 is 14.5 Å². The Balaban J connectivity index is 4.04. The van der Waals surface area contributed by atoms with Crippen LogP contribution in [0.1, 0.15) is 0 Å². The Morgan fingerprint density at radius 1 is 1.80 bits per heavy atom. The summed E-state index contributed by atoms with van der Waals surface area (Å²) in [7, 11) is -0.571. The van der Waals surface area contributed by atoms with Gasteiger partial charge in [-0.2, -0.15) is 0 Å². The summed E-state index contributed by atoms with van der Waals surface area (Å²) in [5.41, 5.74) is 0. The normalized spacial score (nSPS) is 7.60. The molecular weight excluding hydrogens is 159 g/mol. The zero-order valence-corrected chi connectivity index (χ0v) is 5.62. The van der Waals surface area contributed by atoms with Gasteiger partial charge in [0.25, 0.3) is 0 Å². The minimum absolute atomic E-state index is 0.400. The fraction of sp³-hybridized carbons (Fsp3) is 0.333. The molecule has 0 aliphatic carbocycles.